The van der Waals surface area contributed by atoms with Gasteiger partial charge in [-0.3, -0.25) is 4.90 Å². The molecule has 8 aromatic rings. The van der Waals surface area contributed by atoms with Gasteiger partial charge in [0.2, 0.25) is 0 Å². The zero-order chi connectivity index (χ0) is 27.9. The third kappa shape index (κ3) is 4.32. The van der Waals surface area contributed by atoms with Crippen molar-refractivity contribution in [1.29, 1.82) is 0 Å². The van der Waals surface area contributed by atoms with E-state index < -0.39 is 0 Å². The SMILES string of the molecule is c1ccc(-c2ccc(N(c3ccc(-c4ccccc4)cc3)c3ccc4sc5c6ccccc6ccc5c4n3)cc2)cc1. The van der Waals surface area contributed by atoms with Gasteiger partial charge in [0.1, 0.15) is 5.82 Å². The van der Waals surface area contributed by atoms with Gasteiger partial charge in [0.05, 0.1) is 10.2 Å². The van der Waals surface area contributed by atoms with Gasteiger partial charge in [0.25, 0.3) is 0 Å². The van der Waals surface area contributed by atoms with E-state index in [-0.39, 0.29) is 0 Å². The van der Waals surface area contributed by atoms with Crippen molar-refractivity contribution < 1.29 is 0 Å². The number of pyridine rings is 1. The lowest BCUT2D eigenvalue weighted by molar-refractivity contribution is 1.21. The van der Waals surface area contributed by atoms with Crippen molar-refractivity contribution in [1.82, 2.24) is 4.98 Å². The zero-order valence-corrected chi connectivity index (χ0v) is 23.6. The van der Waals surface area contributed by atoms with E-state index in [9.17, 15) is 0 Å². The molecule has 0 unspecified atom stereocenters. The molecule has 0 amide bonds. The van der Waals surface area contributed by atoms with Gasteiger partial charge in [-0.05, 0) is 69.4 Å². The second kappa shape index (κ2) is 10.3. The summed E-state index contributed by atoms with van der Waals surface area (Å²) in [5.74, 6) is 0.898. The highest BCUT2D eigenvalue weighted by Crippen LogP contribution is 2.41. The Kier molecular flexibility index (Phi) is 6.02. The van der Waals surface area contributed by atoms with Crippen molar-refractivity contribution in [2.45, 2.75) is 0 Å². The minimum atomic E-state index is 0.898. The Morgan fingerprint density at radius 3 is 1.60 bits per heavy atom. The van der Waals surface area contributed by atoms with Crippen LogP contribution in [0, 0.1) is 0 Å². The standard InChI is InChI=1S/C39H26N2S/c1-3-9-27(10-4-1)29-15-20-32(21-16-29)41(33-22-17-30(18-23-33)28-11-5-2-6-12-28)37-26-25-36-38(40-37)35-24-19-31-13-7-8-14-34(31)39(35)42-36/h1-26H. The highest BCUT2D eigenvalue weighted by molar-refractivity contribution is 7.26. The summed E-state index contributed by atoms with van der Waals surface area (Å²) in [7, 11) is 0. The highest BCUT2D eigenvalue weighted by Gasteiger charge is 2.17. The van der Waals surface area contributed by atoms with Gasteiger partial charge in [-0.2, -0.15) is 0 Å². The Bertz CT molecular complexity index is 2080. The maximum Gasteiger partial charge on any atom is 0.138 e. The molecular weight excluding hydrogens is 529 g/mol. The van der Waals surface area contributed by atoms with Crippen molar-refractivity contribution in [3.8, 4) is 22.3 Å². The first-order valence-electron chi connectivity index (χ1n) is 14.1. The van der Waals surface area contributed by atoms with E-state index in [1.54, 1.807) is 0 Å². The number of hydrogen-bond donors (Lipinski definition) is 0. The van der Waals surface area contributed by atoms with E-state index in [0.717, 1.165) is 22.7 Å². The summed E-state index contributed by atoms with van der Waals surface area (Å²) < 4.78 is 2.49. The van der Waals surface area contributed by atoms with Crippen molar-refractivity contribution in [3.05, 3.63) is 158 Å². The molecule has 0 aliphatic heterocycles. The molecule has 2 aromatic heterocycles. The van der Waals surface area contributed by atoms with Crippen LogP contribution in [0.2, 0.25) is 0 Å². The van der Waals surface area contributed by atoms with E-state index in [4.69, 9.17) is 4.98 Å². The molecular formula is C39H26N2S. The molecule has 2 nitrogen and oxygen atoms in total. The van der Waals surface area contributed by atoms with Gasteiger partial charge < -0.3 is 0 Å². The van der Waals surface area contributed by atoms with Gasteiger partial charge in [-0.1, -0.05) is 121 Å². The van der Waals surface area contributed by atoms with E-state index in [1.165, 1.54) is 47.8 Å². The predicted octanol–water partition coefficient (Wildman–Crippen LogP) is 11.4. The molecule has 2 heterocycles. The van der Waals surface area contributed by atoms with Crippen LogP contribution in [0.5, 0.6) is 0 Å². The van der Waals surface area contributed by atoms with Crippen LogP contribution in [0.15, 0.2) is 158 Å². The van der Waals surface area contributed by atoms with Crippen LogP contribution in [-0.2, 0) is 0 Å². The quantitative estimate of drug-likeness (QED) is 0.210. The van der Waals surface area contributed by atoms with Gasteiger partial charge >= 0.3 is 0 Å². The van der Waals surface area contributed by atoms with Crippen LogP contribution in [0.25, 0.3) is 53.3 Å². The number of nitrogens with zero attached hydrogens (tertiary/aromatic N) is 2. The second-order valence-corrected chi connectivity index (χ2v) is 11.5. The second-order valence-electron chi connectivity index (χ2n) is 10.4. The lowest BCUT2D eigenvalue weighted by Crippen LogP contribution is -2.11. The minimum Gasteiger partial charge on any atom is -0.295 e. The number of anilines is 3. The number of thiophene rings is 1. The van der Waals surface area contributed by atoms with Crippen LogP contribution in [0.4, 0.5) is 17.2 Å². The minimum absolute atomic E-state index is 0.898. The summed E-state index contributed by atoms with van der Waals surface area (Å²) in [6.45, 7) is 0. The first-order valence-corrected chi connectivity index (χ1v) is 15.0. The molecule has 0 N–H and O–H groups in total. The molecule has 6 aromatic carbocycles. The highest BCUT2D eigenvalue weighted by atomic mass is 32.1. The smallest absolute Gasteiger partial charge is 0.138 e. The van der Waals surface area contributed by atoms with E-state index in [2.05, 4.69) is 163 Å². The molecule has 8 rings (SSSR count). The summed E-state index contributed by atoms with van der Waals surface area (Å²) in [6.07, 6.45) is 0. The molecule has 0 saturated carbocycles. The van der Waals surface area contributed by atoms with Crippen LogP contribution in [0.1, 0.15) is 0 Å². The molecule has 42 heavy (non-hydrogen) atoms. The average Bonchev–Trinajstić information content (AvgIpc) is 3.45. The maximum atomic E-state index is 5.32. The molecule has 0 spiro atoms. The Labute approximate surface area is 248 Å². The summed E-state index contributed by atoms with van der Waals surface area (Å²) in [5, 5.41) is 3.74. The average molecular weight is 555 g/mol. The molecule has 0 bridgehead atoms. The molecule has 0 aliphatic carbocycles. The molecule has 0 radical (unpaired) electrons. The van der Waals surface area contributed by atoms with Crippen molar-refractivity contribution in [2.24, 2.45) is 0 Å². The summed E-state index contributed by atoms with van der Waals surface area (Å²) in [4.78, 5) is 7.58. The third-order valence-electron chi connectivity index (χ3n) is 7.88. The van der Waals surface area contributed by atoms with Crippen LogP contribution >= 0.6 is 11.3 Å². The Hall–Kier alpha value is -5.25. The lowest BCUT2D eigenvalue weighted by atomic mass is 10.0. The molecule has 0 saturated heterocycles. The summed E-state index contributed by atoms with van der Waals surface area (Å²) in [5.41, 5.74) is 7.98. The van der Waals surface area contributed by atoms with Gasteiger partial charge in [-0.15, -0.1) is 11.3 Å². The largest absolute Gasteiger partial charge is 0.295 e. The number of aromatic nitrogens is 1. The van der Waals surface area contributed by atoms with Gasteiger partial charge in [-0.25, -0.2) is 4.98 Å². The van der Waals surface area contributed by atoms with E-state index in [0.29, 0.717) is 0 Å². The van der Waals surface area contributed by atoms with Crippen molar-refractivity contribution in [3.63, 3.8) is 0 Å². The van der Waals surface area contributed by atoms with Crippen LogP contribution in [0.3, 0.4) is 0 Å². The Morgan fingerprint density at radius 1 is 0.429 bits per heavy atom. The third-order valence-corrected chi connectivity index (χ3v) is 9.08. The number of fused-ring (bicyclic) bond motifs is 5. The van der Waals surface area contributed by atoms with Crippen LogP contribution < -0.4 is 4.90 Å². The Morgan fingerprint density at radius 2 is 0.976 bits per heavy atom. The first-order chi connectivity index (χ1) is 20.8. The predicted molar refractivity (Wildman–Crippen MR) is 180 cm³/mol. The molecule has 0 atom stereocenters. The monoisotopic (exact) mass is 554 g/mol. The number of hydrogen-bond acceptors (Lipinski definition) is 3. The molecule has 198 valence electrons. The van der Waals surface area contributed by atoms with Gasteiger partial charge in [0, 0.05) is 21.5 Å². The first kappa shape index (κ1) is 24.5. The molecule has 0 fully saturated rings. The fourth-order valence-electron chi connectivity index (χ4n) is 5.77. The Balaban J connectivity index is 1.27. The van der Waals surface area contributed by atoms with E-state index in [1.807, 2.05) is 11.3 Å². The maximum absolute atomic E-state index is 5.32. The van der Waals surface area contributed by atoms with E-state index >= 15 is 0 Å². The fourth-order valence-corrected chi connectivity index (χ4v) is 6.94. The number of benzene rings is 6. The summed E-state index contributed by atoms with van der Waals surface area (Å²) >= 11 is 1.82. The van der Waals surface area contributed by atoms with Crippen molar-refractivity contribution >= 4 is 59.6 Å². The lowest BCUT2D eigenvalue weighted by Gasteiger charge is -2.25. The normalized spacial score (nSPS) is 11.3. The topological polar surface area (TPSA) is 16.1 Å². The van der Waals surface area contributed by atoms with Crippen LogP contribution in [-0.4, -0.2) is 4.98 Å². The summed E-state index contributed by atoms with van der Waals surface area (Å²) in [6, 6.07) is 56.0. The zero-order valence-electron chi connectivity index (χ0n) is 22.8. The van der Waals surface area contributed by atoms with Crippen molar-refractivity contribution in [2.75, 3.05) is 4.90 Å². The molecule has 0 aliphatic rings. The fraction of sp³-hybridized carbons (Fsp3) is 0. The number of rotatable bonds is 5. The molecule has 3 heteroatoms. The van der Waals surface area contributed by atoms with Gasteiger partial charge in [0.15, 0.2) is 0 Å².